The van der Waals surface area contributed by atoms with Gasteiger partial charge in [-0.05, 0) is 23.8 Å². The Hall–Kier alpha value is -1.03. The summed E-state index contributed by atoms with van der Waals surface area (Å²) >= 11 is 12.0. The molecule has 2 rings (SSSR count). The minimum atomic E-state index is -0.206. The van der Waals surface area contributed by atoms with Gasteiger partial charge in [-0.25, -0.2) is 4.98 Å². The zero-order valence-corrected chi connectivity index (χ0v) is 10.9. The molecular weight excluding hydrogens is 257 g/mol. The fraction of sp³-hybridized carbons (Fsp3) is 0.250. The van der Waals surface area contributed by atoms with Crippen LogP contribution in [0.2, 0.25) is 10.0 Å². The molecule has 0 amide bonds. The van der Waals surface area contributed by atoms with Gasteiger partial charge >= 0.3 is 0 Å². The average molecular weight is 270 g/mol. The van der Waals surface area contributed by atoms with Crippen molar-refractivity contribution in [2.45, 2.75) is 12.5 Å². The second kappa shape index (κ2) is 5.08. The molecule has 0 aliphatic heterocycles. The van der Waals surface area contributed by atoms with Crippen LogP contribution < -0.4 is 5.73 Å². The lowest BCUT2D eigenvalue weighted by molar-refractivity contribution is 0.660. The van der Waals surface area contributed by atoms with Gasteiger partial charge in [0.25, 0.3) is 0 Å². The molecule has 2 aromatic rings. The van der Waals surface area contributed by atoms with Crippen LogP contribution in [0.3, 0.4) is 0 Å². The van der Waals surface area contributed by atoms with Gasteiger partial charge in [-0.3, -0.25) is 0 Å². The molecule has 0 aliphatic carbocycles. The normalized spacial score (nSPS) is 12.7. The first-order valence-electron chi connectivity index (χ1n) is 5.24. The molecule has 1 aromatic heterocycles. The number of imidazole rings is 1. The monoisotopic (exact) mass is 269 g/mol. The highest BCUT2D eigenvalue weighted by Crippen LogP contribution is 2.26. The van der Waals surface area contributed by atoms with E-state index in [4.69, 9.17) is 28.9 Å². The Morgan fingerprint density at radius 2 is 2.18 bits per heavy atom. The quantitative estimate of drug-likeness (QED) is 0.931. The van der Waals surface area contributed by atoms with Crippen LogP contribution in [0.15, 0.2) is 30.6 Å². The maximum absolute atomic E-state index is 6.13. The summed E-state index contributed by atoms with van der Waals surface area (Å²) in [6.45, 7) is 0. The summed E-state index contributed by atoms with van der Waals surface area (Å²) in [5.74, 6) is 0.925. The van der Waals surface area contributed by atoms with E-state index >= 15 is 0 Å². The van der Waals surface area contributed by atoms with E-state index in [1.165, 1.54) is 0 Å². The van der Waals surface area contributed by atoms with Crippen molar-refractivity contribution in [2.24, 2.45) is 12.8 Å². The summed E-state index contributed by atoms with van der Waals surface area (Å²) < 4.78 is 1.94. The highest BCUT2D eigenvalue weighted by atomic mass is 35.5. The third-order valence-corrected chi connectivity index (χ3v) is 3.26. The third kappa shape index (κ3) is 2.80. The largest absolute Gasteiger partial charge is 0.338 e. The van der Waals surface area contributed by atoms with E-state index in [1.54, 1.807) is 24.4 Å². The minimum Gasteiger partial charge on any atom is -0.338 e. The minimum absolute atomic E-state index is 0.206. The van der Waals surface area contributed by atoms with Gasteiger partial charge in [0.05, 0.1) is 0 Å². The number of hydrogen-bond acceptors (Lipinski definition) is 2. The lowest BCUT2D eigenvalue weighted by Gasteiger charge is -2.13. The molecule has 0 saturated carbocycles. The van der Waals surface area contributed by atoms with Gasteiger partial charge in [0.1, 0.15) is 5.82 Å². The number of hydrogen-bond donors (Lipinski definition) is 1. The Kier molecular flexibility index (Phi) is 3.72. The van der Waals surface area contributed by atoms with Crippen molar-refractivity contribution in [1.29, 1.82) is 0 Å². The van der Waals surface area contributed by atoms with Crippen molar-refractivity contribution in [1.82, 2.24) is 9.55 Å². The summed E-state index contributed by atoms with van der Waals surface area (Å²) in [7, 11) is 1.94. The molecule has 1 unspecified atom stereocenters. The van der Waals surface area contributed by atoms with Crippen LogP contribution in [0.25, 0.3) is 0 Å². The summed E-state index contributed by atoms with van der Waals surface area (Å²) in [4.78, 5) is 4.24. The van der Waals surface area contributed by atoms with Crippen molar-refractivity contribution in [3.8, 4) is 0 Å². The molecule has 17 heavy (non-hydrogen) atoms. The second-order valence-corrected chi connectivity index (χ2v) is 4.77. The van der Waals surface area contributed by atoms with Gasteiger partial charge in [-0.15, -0.1) is 0 Å². The van der Waals surface area contributed by atoms with E-state index < -0.39 is 0 Å². The molecule has 0 fully saturated rings. The smallest absolute Gasteiger partial charge is 0.110 e. The van der Waals surface area contributed by atoms with Crippen LogP contribution >= 0.6 is 23.2 Å². The number of aromatic nitrogens is 2. The number of aryl methyl sites for hydroxylation is 1. The zero-order chi connectivity index (χ0) is 12.4. The standard InChI is InChI=1S/C12H13Cl2N3/c1-17-5-4-16-12(17)7-11(15)9-6-8(13)2-3-10(9)14/h2-6,11H,7,15H2,1H3. The lowest BCUT2D eigenvalue weighted by atomic mass is 10.0. The zero-order valence-electron chi connectivity index (χ0n) is 9.40. The predicted octanol–water partition coefficient (Wildman–Crippen LogP) is 2.97. The topological polar surface area (TPSA) is 43.8 Å². The first-order valence-corrected chi connectivity index (χ1v) is 6.00. The molecule has 90 valence electrons. The molecule has 1 heterocycles. The van der Waals surface area contributed by atoms with Crippen LogP contribution in [0.1, 0.15) is 17.4 Å². The molecule has 0 aliphatic rings. The Labute approximate surface area is 110 Å². The summed E-state index contributed by atoms with van der Waals surface area (Å²) in [5, 5.41) is 1.27. The van der Waals surface area contributed by atoms with E-state index in [0.717, 1.165) is 11.4 Å². The van der Waals surface area contributed by atoms with E-state index in [-0.39, 0.29) is 6.04 Å². The number of benzene rings is 1. The second-order valence-electron chi connectivity index (χ2n) is 3.93. The molecule has 1 atom stereocenters. The molecule has 0 saturated heterocycles. The SMILES string of the molecule is Cn1ccnc1CC(N)c1cc(Cl)ccc1Cl. The first kappa shape index (κ1) is 12.4. The molecule has 0 bridgehead atoms. The fourth-order valence-electron chi connectivity index (χ4n) is 1.70. The van der Waals surface area contributed by atoms with Gasteiger partial charge in [-0.1, -0.05) is 23.2 Å². The van der Waals surface area contributed by atoms with Crippen LogP contribution in [-0.2, 0) is 13.5 Å². The highest BCUT2D eigenvalue weighted by molar-refractivity contribution is 6.33. The van der Waals surface area contributed by atoms with Crippen molar-refractivity contribution < 1.29 is 0 Å². The van der Waals surface area contributed by atoms with Crippen molar-refractivity contribution >= 4 is 23.2 Å². The van der Waals surface area contributed by atoms with E-state index in [9.17, 15) is 0 Å². The van der Waals surface area contributed by atoms with Gasteiger partial charge in [0, 0.05) is 41.9 Å². The maximum atomic E-state index is 6.13. The van der Waals surface area contributed by atoms with Gasteiger partial charge in [-0.2, -0.15) is 0 Å². The number of nitrogens with two attached hydrogens (primary N) is 1. The fourth-order valence-corrected chi connectivity index (χ4v) is 2.14. The van der Waals surface area contributed by atoms with Crippen LogP contribution in [0.5, 0.6) is 0 Å². The lowest BCUT2D eigenvalue weighted by Crippen LogP contribution is -2.16. The Bertz CT molecular complexity index is 522. The Balaban J connectivity index is 2.23. The highest BCUT2D eigenvalue weighted by Gasteiger charge is 2.13. The molecule has 5 heteroatoms. The molecule has 0 spiro atoms. The van der Waals surface area contributed by atoms with Crippen molar-refractivity contribution in [3.05, 3.63) is 52.0 Å². The van der Waals surface area contributed by atoms with Gasteiger partial charge < -0.3 is 10.3 Å². The molecular formula is C12H13Cl2N3. The molecule has 2 N–H and O–H groups in total. The van der Waals surface area contributed by atoms with Crippen LogP contribution in [0.4, 0.5) is 0 Å². The summed E-state index contributed by atoms with van der Waals surface area (Å²) in [6.07, 6.45) is 4.27. The number of halogens is 2. The summed E-state index contributed by atoms with van der Waals surface area (Å²) in [5.41, 5.74) is 6.98. The van der Waals surface area contributed by atoms with Crippen molar-refractivity contribution in [3.63, 3.8) is 0 Å². The van der Waals surface area contributed by atoms with Gasteiger partial charge in [0.15, 0.2) is 0 Å². The number of nitrogens with zero attached hydrogens (tertiary/aromatic N) is 2. The summed E-state index contributed by atoms with van der Waals surface area (Å²) in [6, 6.07) is 5.11. The van der Waals surface area contributed by atoms with Crippen LogP contribution in [-0.4, -0.2) is 9.55 Å². The maximum Gasteiger partial charge on any atom is 0.110 e. The van der Waals surface area contributed by atoms with Crippen molar-refractivity contribution in [2.75, 3.05) is 0 Å². The Morgan fingerprint density at radius 3 is 2.82 bits per heavy atom. The molecule has 1 aromatic carbocycles. The predicted molar refractivity (Wildman–Crippen MR) is 70.3 cm³/mol. The molecule has 0 radical (unpaired) electrons. The first-order chi connectivity index (χ1) is 8.08. The third-order valence-electron chi connectivity index (χ3n) is 2.68. The van der Waals surface area contributed by atoms with Crippen LogP contribution in [0, 0.1) is 0 Å². The van der Waals surface area contributed by atoms with E-state index in [0.29, 0.717) is 16.5 Å². The van der Waals surface area contributed by atoms with E-state index in [1.807, 2.05) is 17.8 Å². The number of rotatable bonds is 3. The Morgan fingerprint density at radius 1 is 1.41 bits per heavy atom. The average Bonchev–Trinajstić information content (AvgIpc) is 2.68. The van der Waals surface area contributed by atoms with Gasteiger partial charge in [0.2, 0.25) is 0 Å². The van der Waals surface area contributed by atoms with E-state index in [2.05, 4.69) is 4.98 Å². The molecule has 3 nitrogen and oxygen atoms in total.